The van der Waals surface area contributed by atoms with Crippen molar-refractivity contribution >= 4 is 0 Å². The summed E-state index contributed by atoms with van der Waals surface area (Å²) >= 11 is 0. The smallest absolute Gasteiger partial charge is 0.156 e. The van der Waals surface area contributed by atoms with Crippen LogP contribution < -0.4 is 5.32 Å². The van der Waals surface area contributed by atoms with Crippen molar-refractivity contribution in [3.63, 3.8) is 0 Å². The Labute approximate surface area is 185 Å². The monoisotopic (exact) mass is 429 g/mol. The van der Waals surface area contributed by atoms with Gasteiger partial charge in [0.2, 0.25) is 0 Å². The van der Waals surface area contributed by atoms with Gasteiger partial charge < -0.3 is 5.32 Å². The summed E-state index contributed by atoms with van der Waals surface area (Å²) in [6.07, 6.45) is 6.80. The van der Waals surface area contributed by atoms with Gasteiger partial charge in [0.15, 0.2) is 5.82 Å². The number of hydrogen-bond acceptors (Lipinski definition) is 5. The quantitative estimate of drug-likeness (QED) is 0.507. The summed E-state index contributed by atoms with van der Waals surface area (Å²) in [7, 11) is 0. The molecule has 0 saturated heterocycles. The first-order valence-electron chi connectivity index (χ1n) is 11.1. The van der Waals surface area contributed by atoms with Crippen molar-refractivity contribution in [3.8, 4) is 17.1 Å². The summed E-state index contributed by atoms with van der Waals surface area (Å²) in [5, 5.41) is 12.9. The molecule has 1 aliphatic carbocycles. The van der Waals surface area contributed by atoms with Gasteiger partial charge in [0.1, 0.15) is 12.1 Å². The molecule has 162 valence electrons. The van der Waals surface area contributed by atoms with Gasteiger partial charge in [-0.1, -0.05) is 0 Å². The third-order valence-electron chi connectivity index (χ3n) is 6.34. The van der Waals surface area contributed by atoms with E-state index < -0.39 is 0 Å². The normalized spacial score (nSPS) is 15.3. The van der Waals surface area contributed by atoms with E-state index in [-0.39, 0.29) is 5.82 Å². The Morgan fingerprint density at radius 1 is 1.09 bits per heavy atom. The van der Waals surface area contributed by atoms with Crippen molar-refractivity contribution in [2.24, 2.45) is 5.92 Å². The van der Waals surface area contributed by atoms with Gasteiger partial charge in [-0.3, -0.25) is 4.68 Å². The van der Waals surface area contributed by atoms with Gasteiger partial charge in [-0.05, 0) is 55.5 Å². The Balaban J connectivity index is 1.34. The largest absolute Gasteiger partial charge is 0.307 e. The van der Waals surface area contributed by atoms with E-state index in [9.17, 15) is 4.39 Å². The van der Waals surface area contributed by atoms with Crippen LogP contribution in [0.25, 0.3) is 17.1 Å². The molecule has 2 aliphatic rings. The molecule has 6 rings (SSSR count). The summed E-state index contributed by atoms with van der Waals surface area (Å²) in [4.78, 5) is 8.98. The van der Waals surface area contributed by atoms with Crippen LogP contribution in [0.2, 0.25) is 0 Å². The van der Waals surface area contributed by atoms with Crippen LogP contribution >= 0.6 is 0 Å². The van der Waals surface area contributed by atoms with E-state index in [1.165, 1.54) is 30.5 Å². The van der Waals surface area contributed by atoms with Gasteiger partial charge in [0.25, 0.3) is 0 Å². The van der Waals surface area contributed by atoms with Crippen LogP contribution in [0.1, 0.15) is 41.1 Å². The van der Waals surface area contributed by atoms with E-state index in [1.807, 2.05) is 16.9 Å². The maximum absolute atomic E-state index is 13.4. The second-order valence-electron chi connectivity index (χ2n) is 8.75. The molecule has 0 radical (unpaired) electrons. The summed E-state index contributed by atoms with van der Waals surface area (Å²) < 4.78 is 17.4. The summed E-state index contributed by atoms with van der Waals surface area (Å²) in [6.45, 7) is 4.65. The molecule has 1 N–H and O–H groups in total. The molecule has 0 spiro atoms. The molecule has 0 bridgehead atoms. The number of aromatic nitrogens is 6. The summed E-state index contributed by atoms with van der Waals surface area (Å²) in [5.41, 5.74) is 7.32. The molecular weight excluding hydrogens is 405 g/mol. The third kappa shape index (κ3) is 3.60. The highest BCUT2D eigenvalue weighted by molar-refractivity contribution is 5.64. The average molecular weight is 430 g/mol. The Morgan fingerprint density at radius 2 is 1.94 bits per heavy atom. The predicted octanol–water partition coefficient (Wildman–Crippen LogP) is 3.58. The van der Waals surface area contributed by atoms with Crippen LogP contribution in [0.4, 0.5) is 4.39 Å². The highest BCUT2D eigenvalue weighted by Crippen LogP contribution is 2.33. The van der Waals surface area contributed by atoms with Gasteiger partial charge in [0.05, 0.1) is 17.1 Å². The van der Waals surface area contributed by atoms with E-state index in [2.05, 4.69) is 32.0 Å². The molecule has 0 unspecified atom stereocenters. The van der Waals surface area contributed by atoms with Crippen LogP contribution in [0, 0.1) is 18.7 Å². The van der Waals surface area contributed by atoms with Crippen LogP contribution in [0.5, 0.6) is 0 Å². The molecule has 32 heavy (non-hydrogen) atoms. The van der Waals surface area contributed by atoms with Gasteiger partial charge in [-0.25, -0.2) is 19.0 Å². The van der Waals surface area contributed by atoms with Gasteiger partial charge >= 0.3 is 0 Å². The van der Waals surface area contributed by atoms with Crippen molar-refractivity contribution in [2.45, 2.75) is 45.8 Å². The molecular formula is C24H24FN7. The number of benzene rings is 1. The predicted molar refractivity (Wildman–Crippen MR) is 118 cm³/mol. The second-order valence-corrected chi connectivity index (χ2v) is 8.75. The van der Waals surface area contributed by atoms with Crippen molar-refractivity contribution < 1.29 is 4.39 Å². The van der Waals surface area contributed by atoms with Crippen LogP contribution in [0.3, 0.4) is 0 Å². The first kappa shape index (κ1) is 19.3. The first-order valence-corrected chi connectivity index (χ1v) is 11.1. The number of nitrogens with zero attached hydrogens (tertiary/aromatic N) is 6. The van der Waals surface area contributed by atoms with E-state index in [4.69, 9.17) is 5.10 Å². The van der Waals surface area contributed by atoms with E-state index in [0.717, 1.165) is 59.4 Å². The number of hydrogen-bond donors (Lipinski definition) is 1. The fourth-order valence-electron chi connectivity index (χ4n) is 4.34. The minimum atomic E-state index is -0.238. The molecule has 0 atom stereocenters. The Bertz CT molecular complexity index is 1260. The van der Waals surface area contributed by atoms with E-state index >= 15 is 0 Å². The molecule has 1 aromatic carbocycles. The van der Waals surface area contributed by atoms with Crippen molar-refractivity contribution in [2.75, 3.05) is 0 Å². The molecule has 1 aliphatic heterocycles. The standard InChI is InChI=1S/C24H24FN7/c1-15-22(31(12-16-2-3-16)30-24(15)17-4-6-19(25)7-5-17)8-20-9-23(28-14-27-20)32-13-18-10-26-11-21(18)29-32/h4-7,9,13-14,16,26H,2-3,8,10-12H2,1H3. The molecule has 8 heteroatoms. The van der Waals surface area contributed by atoms with Crippen molar-refractivity contribution in [1.82, 2.24) is 34.8 Å². The molecule has 4 heterocycles. The second kappa shape index (κ2) is 7.63. The molecule has 3 aromatic heterocycles. The molecule has 7 nitrogen and oxygen atoms in total. The fourth-order valence-corrected chi connectivity index (χ4v) is 4.34. The summed E-state index contributed by atoms with van der Waals surface area (Å²) in [6, 6.07) is 8.57. The number of nitrogens with one attached hydrogen (secondary N) is 1. The zero-order valence-electron chi connectivity index (χ0n) is 17.9. The Kier molecular flexibility index (Phi) is 4.61. The molecule has 1 saturated carbocycles. The third-order valence-corrected chi connectivity index (χ3v) is 6.34. The topological polar surface area (TPSA) is 73.5 Å². The number of halogens is 1. The zero-order valence-corrected chi connectivity index (χ0v) is 17.9. The van der Waals surface area contributed by atoms with E-state index in [1.54, 1.807) is 18.5 Å². The van der Waals surface area contributed by atoms with Crippen LogP contribution in [-0.2, 0) is 26.1 Å². The SMILES string of the molecule is Cc1c(-c2ccc(F)cc2)nn(CC2CC2)c1Cc1cc(-n2cc3c(n2)CNC3)ncn1. The highest BCUT2D eigenvalue weighted by Gasteiger charge is 2.25. The van der Waals surface area contributed by atoms with Gasteiger partial charge in [-0.2, -0.15) is 10.2 Å². The molecule has 4 aromatic rings. The van der Waals surface area contributed by atoms with Crippen LogP contribution in [0.15, 0.2) is 42.9 Å². The van der Waals surface area contributed by atoms with Crippen molar-refractivity contribution in [1.29, 1.82) is 0 Å². The lowest BCUT2D eigenvalue weighted by Crippen LogP contribution is -2.10. The molecule has 1 fully saturated rings. The van der Waals surface area contributed by atoms with Crippen molar-refractivity contribution in [3.05, 3.63) is 76.9 Å². The first-order chi connectivity index (χ1) is 15.6. The minimum absolute atomic E-state index is 0.238. The highest BCUT2D eigenvalue weighted by atomic mass is 19.1. The van der Waals surface area contributed by atoms with Gasteiger partial charge in [0, 0.05) is 55.1 Å². The fraction of sp³-hybridized carbons (Fsp3) is 0.333. The van der Waals surface area contributed by atoms with Crippen LogP contribution in [-0.4, -0.2) is 29.5 Å². The lowest BCUT2D eigenvalue weighted by molar-refractivity contribution is 0.544. The van der Waals surface area contributed by atoms with Gasteiger partial charge in [-0.15, -0.1) is 0 Å². The van der Waals surface area contributed by atoms with E-state index in [0.29, 0.717) is 12.3 Å². The number of rotatable bonds is 6. The average Bonchev–Trinajstić information content (AvgIpc) is 3.22. The maximum Gasteiger partial charge on any atom is 0.156 e. The number of fused-ring (bicyclic) bond motifs is 1. The Morgan fingerprint density at radius 3 is 2.72 bits per heavy atom. The lowest BCUT2D eigenvalue weighted by Gasteiger charge is -2.09. The summed E-state index contributed by atoms with van der Waals surface area (Å²) in [5.74, 6) is 1.22. The maximum atomic E-state index is 13.4. The Hall–Kier alpha value is -3.39. The minimum Gasteiger partial charge on any atom is -0.307 e. The zero-order chi connectivity index (χ0) is 21.7. The lowest BCUT2D eigenvalue weighted by atomic mass is 10.0. The molecule has 0 amide bonds.